The van der Waals surface area contributed by atoms with E-state index in [0.29, 0.717) is 5.75 Å². The molecule has 1 unspecified atom stereocenters. The first-order valence-electron chi connectivity index (χ1n) is 4.40. The zero-order valence-corrected chi connectivity index (χ0v) is 8.21. The second-order valence-electron chi connectivity index (χ2n) is 3.16. The molecule has 0 bridgehead atoms. The zero-order chi connectivity index (χ0) is 11.4. The number of alkyl halides is 2. The van der Waals surface area contributed by atoms with Crippen molar-refractivity contribution in [1.82, 2.24) is 0 Å². The van der Waals surface area contributed by atoms with Crippen molar-refractivity contribution >= 4 is 0 Å². The Labute approximate surface area is 85.8 Å². The fourth-order valence-electron chi connectivity index (χ4n) is 1.16. The Morgan fingerprint density at radius 2 is 2.07 bits per heavy atom. The van der Waals surface area contributed by atoms with Gasteiger partial charge in [0.05, 0.1) is 13.2 Å². The second kappa shape index (κ2) is 5.02. The van der Waals surface area contributed by atoms with E-state index >= 15 is 0 Å². The summed E-state index contributed by atoms with van der Waals surface area (Å²) >= 11 is 0. The lowest BCUT2D eigenvalue weighted by Gasteiger charge is -2.11. The average molecular weight is 219 g/mol. The predicted octanol–water partition coefficient (Wildman–Crippen LogP) is 1.97. The van der Waals surface area contributed by atoms with E-state index in [2.05, 4.69) is 0 Å². The molecule has 0 radical (unpaired) electrons. The summed E-state index contributed by atoms with van der Waals surface area (Å²) in [7, 11) is 1.40. The summed E-state index contributed by atoms with van der Waals surface area (Å²) in [5.41, 5.74) is 5.31. The fourth-order valence-corrected chi connectivity index (χ4v) is 1.16. The maximum Gasteiger partial charge on any atom is 0.253 e. The van der Waals surface area contributed by atoms with E-state index in [9.17, 15) is 13.2 Å². The van der Waals surface area contributed by atoms with Crippen LogP contribution in [0.4, 0.5) is 13.2 Å². The molecule has 0 amide bonds. The summed E-state index contributed by atoms with van der Waals surface area (Å²) < 4.78 is 42.3. The van der Waals surface area contributed by atoms with Crippen molar-refractivity contribution in [2.24, 2.45) is 5.73 Å². The van der Waals surface area contributed by atoms with Crippen LogP contribution in [0.25, 0.3) is 0 Å². The van der Waals surface area contributed by atoms with Crippen LogP contribution in [0.15, 0.2) is 18.2 Å². The van der Waals surface area contributed by atoms with Crippen LogP contribution in [0.5, 0.6) is 5.75 Å². The van der Waals surface area contributed by atoms with Crippen molar-refractivity contribution < 1.29 is 17.9 Å². The molecule has 1 aromatic rings. The molecule has 1 aromatic carbocycles. The number of nitrogens with two attached hydrogens (primary N) is 1. The van der Waals surface area contributed by atoms with Crippen molar-refractivity contribution in [3.63, 3.8) is 0 Å². The fraction of sp³-hybridized carbons (Fsp3) is 0.400. The van der Waals surface area contributed by atoms with Crippen LogP contribution < -0.4 is 10.5 Å². The second-order valence-corrected chi connectivity index (χ2v) is 3.16. The van der Waals surface area contributed by atoms with Gasteiger partial charge in [0.1, 0.15) is 11.6 Å². The molecule has 5 heteroatoms. The Kier molecular flexibility index (Phi) is 3.96. The summed E-state index contributed by atoms with van der Waals surface area (Å²) in [4.78, 5) is 0. The zero-order valence-electron chi connectivity index (χ0n) is 8.21. The Balaban J connectivity index is 2.78. The van der Waals surface area contributed by atoms with Gasteiger partial charge in [0.15, 0.2) is 0 Å². The highest BCUT2D eigenvalue weighted by Crippen LogP contribution is 2.18. The first-order valence-corrected chi connectivity index (χ1v) is 4.40. The third kappa shape index (κ3) is 3.13. The minimum absolute atomic E-state index is 0.170. The Morgan fingerprint density at radius 3 is 2.53 bits per heavy atom. The highest BCUT2D eigenvalue weighted by Gasteiger charge is 2.17. The monoisotopic (exact) mass is 219 g/mol. The van der Waals surface area contributed by atoms with Gasteiger partial charge in [0.2, 0.25) is 0 Å². The largest absolute Gasteiger partial charge is 0.497 e. The number of hydrogen-bond acceptors (Lipinski definition) is 2. The van der Waals surface area contributed by atoms with Gasteiger partial charge in [0.25, 0.3) is 6.43 Å². The van der Waals surface area contributed by atoms with Crippen LogP contribution in [0.2, 0.25) is 0 Å². The summed E-state index contributed by atoms with van der Waals surface area (Å²) in [5, 5.41) is 0. The van der Waals surface area contributed by atoms with Crippen molar-refractivity contribution in [2.75, 3.05) is 7.11 Å². The molecule has 0 fully saturated rings. The van der Waals surface area contributed by atoms with Crippen molar-refractivity contribution in [2.45, 2.75) is 18.9 Å². The predicted molar refractivity (Wildman–Crippen MR) is 50.6 cm³/mol. The minimum atomic E-state index is -2.65. The lowest BCUT2D eigenvalue weighted by Crippen LogP contribution is -2.31. The van der Waals surface area contributed by atoms with Gasteiger partial charge in [-0.1, -0.05) is 6.07 Å². The quantitative estimate of drug-likeness (QED) is 0.840. The summed E-state index contributed by atoms with van der Waals surface area (Å²) in [5.74, 6) is -0.229. The van der Waals surface area contributed by atoms with Gasteiger partial charge < -0.3 is 10.5 Å². The molecular weight excluding hydrogens is 207 g/mol. The summed E-state index contributed by atoms with van der Waals surface area (Å²) in [6.07, 6.45) is -2.83. The Bertz CT molecular complexity index is 330. The number of rotatable bonds is 4. The molecule has 2 N–H and O–H groups in total. The van der Waals surface area contributed by atoms with Crippen LogP contribution in [0, 0.1) is 5.82 Å². The van der Waals surface area contributed by atoms with E-state index in [0.717, 1.165) is 6.07 Å². The first-order chi connectivity index (χ1) is 7.04. The molecule has 0 heterocycles. The van der Waals surface area contributed by atoms with E-state index < -0.39 is 18.3 Å². The smallest absolute Gasteiger partial charge is 0.253 e. The standard InChI is InChI=1S/C10H12F3NO/c1-15-7-3-2-6(8(11)5-7)4-9(14)10(12)13/h2-3,5,9-10H,4,14H2,1H3. The molecule has 15 heavy (non-hydrogen) atoms. The van der Waals surface area contributed by atoms with Gasteiger partial charge in [-0.05, 0) is 18.1 Å². The third-order valence-corrected chi connectivity index (χ3v) is 2.04. The van der Waals surface area contributed by atoms with Crippen molar-refractivity contribution in [3.8, 4) is 5.75 Å². The first kappa shape index (κ1) is 11.8. The van der Waals surface area contributed by atoms with E-state index in [4.69, 9.17) is 10.5 Å². The molecule has 1 atom stereocenters. The van der Waals surface area contributed by atoms with Crippen LogP contribution in [0.1, 0.15) is 5.56 Å². The summed E-state index contributed by atoms with van der Waals surface area (Å²) in [6.45, 7) is 0. The van der Waals surface area contributed by atoms with Gasteiger partial charge in [-0.3, -0.25) is 0 Å². The van der Waals surface area contributed by atoms with Gasteiger partial charge in [-0.2, -0.15) is 0 Å². The molecule has 0 aliphatic carbocycles. The highest BCUT2D eigenvalue weighted by molar-refractivity contribution is 5.29. The maximum atomic E-state index is 13.3. The van der Waals surface area contributed by atoms with E-state index in [-0.39, 0.29) is 12.0 Å². The number of hydrogen-bond donors (Lipinski definition) is 1. The van der Waals surface area contributed by atoms with E-state index in [1.807, 2.05) is 0 Å². The van der Waals surface area contributed by atoms with Crippen molar-refractivity contribution in [1.29, 1.82) is 0 Å². The van der Waals surface area contributed by atoms with Gasteiger partial charge >= 0.3 is 0 Å². The molecule has 0 aromatic heterocycles. The number of methoxy groups -OCH3 is 1. The third-order valence-electron chi connectivity index (χ3n) is 2.04. The van der Waals surface area contributed by atoms with E-state index in [1.54, 1.807) is 0 Å². The average Bonchev–Trinajstić information content (AvgIpc) is 2.20. The molecule has 0 aliphatic rings. The molecule has 1 rings (SSSR count). The number of ether oxygens (including phenoxy) is 1. The van der Waals surface area contributed by atoms with Crippen LogP contribution in [-0.4, -0.2) is 19.6 Å². The van der Waals surface area contributed by atoms with Gasteiger partial charge in [-0.25, -0.2) is 13.2 Å². The Morgan fingerprint density at radius 1 is 1.40 bits per heavy atom. The minimum Gasteiger partial charge on any atom is -0.497 e. The van der Waals surface area contributed by atoms with Gasteiger partial charge in [0, 0.05) is 6.07 Å². The summed E-state index contributed by atoms with van der Waals surface area (Å²) in [6, 6.07) is 2.72. The highest BCUT2D eigenvalue weighted by atomic mass is 19.3. The molecule has 2 nitrogen and oxygen atoms in total. The lowest BCUT2D eigenvalue weighted by atomic mass is 10.1. The molecule has 0 saturated carbocycles. The topological polar surface area (TPSA) is 35.2 Å². The van der Waals surface area contributed by atoms with Crippen molar-refractivity contribution in [3.05, 3.63) is 29.6 Å². The lowest BCUT2D eigenvalue weighted by molar-refractivity contribution is 0.115. The molecule has 0 aliphatic heterocycles. The van der Waals surface area contributed by atoms with Crippen LogP contribution in [-0.2, 0) is 6.42 Å². The van der Waals surface area contributed by atoms with Crippen LogP contribution in [0.3, 0.4) is 0 Å². The Hall–Kier alpha value is -1.23. The number of benzene rings is 1. The SMILES string of the molecule is COc1ccc(CC(N)C(F)F)c(F)c1. The molecular formula is C10H12F3NO. The molecule has 84 valence electrons. The normalized spacial score (nSPS) is 12.9. The molecule has 0 saturated heterocycles. The van der Waals surface area contributed by atoms with Crippen LogP contribution >= 0.6 is 0 Å². The van der Waals surface area contributed by atoms with E-state index in [1.165, 1.54) is 19.2 Å². The molecule has 0 spiro atoms. The van der Waals surface area contributed by atoms with Gasteiger partial charge in [-0.15, -0.1) is 0 Å². The number of halogens is 3. The maximum absolute atomic E-state index is 13.3.